The first-order valence-electron chi connectivity index (χ1n) is 7.32. The summed E-state index contributed by atoms with van der Waals surface area (Å²) in [5, 5.41) is 2.78. The van der Waals surface area contributed by atoms with Crippen LogP contribution in [0, 0.1) is 13.8 Å². The van der Waals surface area contributed by atoms with Crippen molar-refractivity contribution in [2.75, 3.05) is 5.32 Å². The first kappa shape index (κ1) is 14.9. The summed E-state index contributed by atoms with van der Waals surface area (Å²) in [6.07, 6.45) is 0. The van der Waals surface area contributed by atoms with Gasteiger partial charge in [-0.25, -0.2) is 0 Å². The molecule has 1 aromatic heterocycles. The molecule has 0 saturated carbocycles. The summed E-state index contributed by atoms with van der Waals surface area (Å²) in [6.45, 7) is 3.83. The molecule has 0 radical (unpaired) electrons. The number of nitrogens with one attached hydrogen (secondary N) is 1. The molecule has 0 unspecified atom stereocenters. The Kier molecular flexibility index (Phi) is 4.15. The van der Waals surface area contributed by atoms with Crippen LogP contribution < -0.4 is 10.1 Å². The summed E-state index contributed by atoms with van der Waals surface area (Å²) in [5.74, 6) is 2.21. The van der Waals surface area contributed by atoms with Crippen molar-refractivity contribution in [1.29, 1.82) is 0 Å². The highest BCUT2D eigenvalue weighted by atomic mass is 16.5. The van der Waals surface area contributed by atoms with Crippen molar-refractivity contribution in [3.8, 4) is 11.5 Å². The van der Waals surface area contributed by atoms with E-state index in [-0.39, 0.29) is 5.91 Å². The molecule has 3 rings (SSSR count). The van der Waals surface area contributed by atoms with Crippen LogP contribution in [0.5, 0.6) is 11.5 Å². The number of hydrogen-bond donors (Lipinski definition) is 1. The number of amides is 1. The number of rotatable bonds is 4. The number of ether oxygens (including phenoxy) is 1. The second-order valence-electron chi connectivity index (χ2n) is 5.30. The molecule has 0 fully saturated rings. The number of hydrogen-bond acceptors (Lipinski definition) is 3. The summed E-state index contributed by atoms with van der Waals surface area (Å²) in [7, 11) is 0. The minimum absolute atomic E-state index is 0.273. The molecule has 0 saturated heterocycles. The van der Waals surface area contributed by atoms with Crippen LogP contribution in [0.15, 0.2) is 65.1 Å². The Morgan fingerprint density at radius 3 is 2.04 bits per heavy atom. The van der Waals surface area contributed by atoms with E-state index in [1.54, 1.807) is 31.2 Å². The zero-order valence-electron chi connectivity index (χ0n) is 13.0. The monoisotopic (exact) mass is 307 g/mol. The Labute approximate surface area is 134 Å². The maximum absolute atomic E-state index is 12.0. The Bertz CT molecular complexity index is 801. The Morgan fingerprint density at radius 1 is 0.870 bits per heavy atom. The quantitative estimate of drug-likeness (QED) is 0.742. The molecule has 0 aliphatic heterocycles. The first-order valence-corrected chi connectivity index (χ1v) is 7.32. The van der Waals surface area contributed by atoms with E-state index in [0.29, 0.717) is 23.0 Å². The van der Waals surface area contributed by atoms with E-state index in [0.717, 1.165) is 5.75 Å². The molecule has 0 atom stereocenters. The molecule has 0 bridgehead atoms. The summed E-state index contributed by atoms with van der Waals surface area (Å²) >= 11 is 0. The molecule has 4 heteroatoms. The van der Waals surface area contributed by atoms with Crippen molar-refractivity contribution in [3.63, 3.8) is 0 Å². The highest BCUT2D eigenvalue weighted by Crippen LogP contribution is 2.23. The maximum atomic E-state index is 12.0. The van der Waals surface area contributed by atoms with Crippen molar-refractivity contribution < 1.29 is 13.9 Å². The third-order valence-electron chi connectivity index (χ3n) is 3.33. The molecule has 23 heavy (non-hydrogen) atoms. The fraction of sp³-hybridized carbons (Fsp3) is 0.105. The topological polar surface area (TPSA) is 51.5 Å². The Hall–Kier alpha value is -3.01. The number of anilines is 1. The largest absolute Gasteiger partial charge is 0.457 e. The highest BCUT2D eigenvalue weighted by molar-refractivity contribution is 6.02. The minimum atomic E-state index is -0.273. The van der Waals surface area contributed by atoms with Gasteiger partial charge in [0.05, 0.1) is 0 Å². The number of benzene rings is 2. The zero-order valence-corrected chi connectivity index (χ0v) is 13.0. The average Bonchev–Trinajstić information content (AvgIpc) is 2.98. The lowest BCUT2D eigenvalue weighted by molar-refractivity contribution is 0.0995. The van der Waals surface area contributed by atoms with E-state index in [4.69, 9.17) is 9.15 Å². The second-order valence-corrected chi connectivity index (χ2v) is 5.30. The van der Waals surface area contributed by atoms with Gasteiger partial charge < -0.3 is 14.5 Å². The van der Waals surface area contributed by atoms with Crippen molar-refractivity contribution in [1.82, 2.24) is 0 Å². The highest BCUT2D eigenvalue weighted by Gasteiger charge is 2.10. The van der Waals surface area contributed by atoms with Gasteiger partial charge in [-0.1, -0.05) is 17.7 Å². The van der Waals surface area contributed by atoms with E-state index < -0.39 is 0 Å². The lowest BCUT2D eigenvalue weighted by atomic mass is 10.2. The van der Waals surface area contributed by atoms with Crippen LogP contribution in [0.25, 0.3) is 0 Å². The molecule has 0 aliphatic rings. The van der Waals surface area contributed by atoms with Crippen molar-refractivity contribution in [3.05, 3.63) is 77.7 Å². The molecule has 1 heterocycles. The van der Waals surface area contributed by atoms with Crippen LogP contribution in [0.4, 0.5) is 5.69 Å². The molecular formula is C19H17NO3. The van der Waals surface area contributed by atoms with E-state index >= 15 is 0 Å². The van der Waals surface area contributed by atoms with Gasteiger partial charge in [-0.15, -0.1) is 0 Å². The van der Waals surface area contributed by atoms with Gasteiger partial charge in [-0.05, 0) is 62.4 Å². The van der Waals surface area contributed by atoms with Crippen LogP contribution in [0.3, 0.4) is 0 Å². The van der Waals surface area contributed by atoms with Gasteiger partial charge in [0.2, 0.25) is 0 Å². The van der Waals surface area contributed by atoms with Crippen LogP contribution in [0.1, 0.15) is 21.9 Å². The van der Waals surface area contributed by atoms with Crippen LogP contribution >= 0.6 is 0 Å². The third kappa shape index (κ3) is 3.80. The van der Waals surface area contributed by atoms with Crippen molar-refractivity contribution in [2.24, 2.45) is 0 Å². The molecule has 116 valence electrons. The first-order chi connectivity index (χ1) is 11.1. The SMILES string of the molecule is Cc1ccc(Oc2ccc(NC(=O)c3ccc(C)o3)cc2)cc1. The van der Waals surface area contributed by atoms with E-state index in [1.165, 1.54) is 5.56 Å². The number of furan rings is 1. The fourth-order valence-corrected chi connectivity index (χ4v) is 2.10. The fourth-order valence-electron chi connectivity index (χ4n) is 2.10. The van der Waals surface area contributed by atoms with Gasteiger partial charge in [0.1, 0.15) is 17.3 Å². The second kappa shape index (κ2) is 6.40. The molecule has 2 aromatic carbocycles. The van der Waals surface area contributed by atoms with Gasteiger partial charge in [0, 0.05) is 5.69 Å². The minimum Gasteiger partial charge on any atom is -0.457 e. The number of carbonyl (C=O) groups is 1. The Morgan fingerprint density at radius 2 is 1.48 bits per heavy atom. The molecule has 1 amide bonds. The van der Waals surface area contributed by atoms with Crippen LogP contribution in [-0.4, -0.2) is 5.91 Å². The van der Waals surface area contributed by atoms with Crippen molar-refractivity contribution in [2.45, 2.75) is 13.8 Å². The predicted molar refractivity (Wildman–Crippen MR) is 89.1 cm³/mol. The standard InChI is InChI=1S/C19H17NO3/c1-13-3-8-16(9-4-13)23-17-10-6-15(7-11-17)20-19(21)18-12-5-14(2)22-18/h3-12H,1-2H3,(H,20,21). The van der Waals surface area contributed by atoms with E-state index in [2.05, 4.69) is 5.32 Å². The van der Waals surface area contributed by atoms with Gasteiger partial charge >= 0.3 is 0 Å². The molecule has 4 nitrogen and oxygen atoms in total. The van der Waals surface area contributed by atoms with Crippen LogP contribution in [0.2, 0.25) is 0 Å². The van der Waals surface area contributed by atoms with Gasteiger partial charge in [-0.2, -0.15) is 0 Å². The van der Waals surface area contributed by atoms with Gasteiger partial charge in [-0.3, -0.25) is 4.79 Å². The van der Waals surface area contributed by atoms with Gasteiger partial charge in [0.25, 0.3) is 5.91 Å². The molecule has 0 aliphatic carbocycles. The zero-order chi connectivity index (χ0) is 16.2. The summed E-state index contributed by atoms with van der Waals surface area (Å²) in [6, 6.07) is 18.4. The molecule has 1 N–H and O–H groups in total. The average molecular weight is 307 g/mol. The lowest BCUT2D eigenvalue weighted by Gasteiger charge is -2.07. The number of carbonyl (C=O) groups excluding carboxylic acids is 1. The summed E-state index contributed by atoms with van der Waals surface area (Å²) in [5.41, 5.74) is 1.86. The number of aryl methyl sites for hydroxylation is 2. The predicted octanol–water partition coefficient (Wildman–Crippen LogP) is 4.94. The normalized spacial score (nSPS) is 10.3. The molecule has 0 spiro atoms. The van der Waals surface area contributed by atoms with E-state index in [1.807, 2.05) is 43.3 Å². The molecule has 3 aromatic rings. The van der Waals surface area contributed by atoms with Gasteiger partial charge in [0.15, 0.2) is 5.76 Å². The lowest BCUT2D eigenvalue weighted by Crippen LogP contribution is -2.10. The van der Waals surface area contributed by atoms with E-state index in [9.17, 15) is 4.79 Å². The molecular weight excluding hydrogens is 290 g/mol. The smallest absolute Gasteiger partial charge is 0.291 e. The third-order valence-corrected chi connectivity index (χ3v) is 3.33. The summed E-state index contributed by atoms with van der Waals surface area (Å²) < 4.78 is 11.0. The maximum Gasteiger partial charge on any atom is 0.291 e. The Balaban J connectivity index is 1.65. The van der Waals surface area contributed by atoms with Crippen LogP contribution in [-0.2, 0) is 0 Å². The van der Waals surface area contributed by atoms with Crippen molar-refractivity contribution >= 4 is 11.6 Å². The summed E-state index contributed by atoms with van der Waals surface area (Å²) in [4.78, 5) is 12.0.